The summed E-state index contributed by atoms with van der Waals surface area (Å²) < 4.78 is 0. The first-order valence-electron chi connectivity index (χ1n) is 4.47. The number of halogens is 2. The van der Waals surface area contributed by atoms with Crippen LogP contribution in [0.4, 0.5) is 0 Å². The van der Waals surface area contributed by atoms with Gasteiger partial charge in [0, 0.05) is 11.4 Å². The SMILES string of the molecule is CC(N)c1nc(Cl)nc2c(Cl)cccc12. The highest BCUT2D eigenvalue weighted by Crippen LogP contribution is 2.26. The van der Waals surface area contributed by atoms with Crippen LogP contribution in [-0.2, 0) is 0 Å². The van der Waals surface area contributed by atoms with E-state index < -0.39 is 0 Å². The van der Waals surface area contributed by atoms with Crippen LogP contribution in [0, 0.1) is 0 Å². The lowest BCUT2D eigenvalue weighted by atomic mass is 10.1. The van der Waals surface area contributed by atoms with Crippen molar-refractivity contribution in [3.05, 3.63) is 34.2 Å². The van der Waals surface area contributed by atoms with Crippen molar-refractivity contribution in [2.45, 2.75) is 13.0 Å². The van der Waals surface area contributed by atoms with Crippen molar-refractivity contribution < 1.29 is 0 Å². The first-order valence-corrected chi connectivity index (χ1v) is 5.22. The van der Waals surface area contributed by atoms with Crippen LogP contribution in [0.3, 0.4) is 0 Å². The minimum absolute atomic E-state index is 0.169. The molecule has 1 unspecified atom stereocenters. The summed E-state index contributed by atoms with van der Waals surface area (Å²) in [5.41, 5.74) is 7.17. The van der Waals surface area contributed by atoms with Gasteiger partial charge in [0.15, 0.2) is 0 Å². The standard InChI is InChI=1S/C10H9Cl2N3/c1-5(13)8-6-3-2-4-7(11)9(6)15-10(12)14-8/h2-5H,13H2,1H3. The maximum absolute atomic E-state index is 6.02. The molecule has 0 saturated carbocycles. The van der Waals surface area contributed by atoms with Crippen LogP contribution in [0.15, 0.2) is 18.2 Å². The van der Waals surface area contributed by atoms with Crippen molar-refractivity contribution in [3.63, 3.8) is 0 Å². The molecule has 0 spiro atoms. The van der Waals surface area contributed by atoms with Gasteiger partial charge in [-0.15, -0.1) is 0 Å². The van der Waals surface area contributed by atoms with Crippen LogP contribution in [-0.4, -0.2) is 9.97 Å². The third kappa shape index (κ3) is 1.91. The van der Waals surface area contributed by atoms with Gasteiger partial charge in [-0.3, -0.25) is 0 Å². The molecule has 0 fully saturated rings. The quantitative estimate of drug-likeness (QED) is 0.782. The molecule has 0 aliphatic carbocycles. The predicted octanol–water partition coefficient (Wildman–Crippen LogP) is 2.96. The highest BCUT2D eigenvalue weighted by Gasteiger charge is 2.11. The van der Waals surface area contributed by atoms with Gasteiger partial charge in [-0.25, -0.2) is 9.97 Å². The molecule has 0 aliphatic heterocycles. The minimum atomic E-state index is -0.202. The molecular weight excluding hydrogens is 233 g/mol. The molecule has 1 heterocycles. The second kappa shape index (κ2) is 3.93. The predicted molar refractivity (Wildman–Crippen MR) is 62.2 cm³/mol. The van der Waals surface area contributed by atoms with Gasteiger partial charge in [0.25, 0.3) is 0 Å². The molecule has 1 atom stereocenters. The smallest absolute Gasteiger partial charge is 0.223 e. The first kappa shape index (κ1) is 10.6. The van der Waals surface area contributed by atoms with E-state index in [1.54, 1.807) is 6.07 Å². The fourth-order valence-electron chi connectivity index (χ4n) is 1.46. The highest BCUT2D eigenvalue weighted by atomic mass is 35.5. The molecule has 0 saturated heterocycles. The van der Waals surface area contributed by atoms with Gasteiger partial charge in [0.2, 0.25) is 5.28 Å². The van der Waals surface area contributed by atoms with Crippen molar-refractivity contribution in [3.8, 4) is 0 Å². The lowest BCUT2D eigenvalue weighted by molar-refractivity contribution is 0.787. The Morgan fingerprint density at radius 1 is 1.27 bits per heavy atom. The first-order chi connectivity index (χ1) is 7.09. The molecule has 2 aromatic rings. The second-order valence-corrected chi connectivity index (χ2v) is 4.05. The fourth-order valence-corrected chi connectivity index (χ4v) is 1.85. The largest absolute Gasteiger partial charge is 0.323 e. The summed E-state index contributed by atoms with van der Waals surface area (Å²) in [5.74, 6) is 0. The lowest BCUT2D eigenvalue weighted by Gasteiger charge is -2.09. The van der Waals surface area contributed by atoms with Crippen LogP contribution in [0.25, 0.3) is 10.9 Å². The Hall–Kier alpha value is -0.900. The zero-order valence-corrected chi connectivity index (χ0v) is 9.55. The van der Waals surface area contributed by atoms with Crippen molar-refractivity contribution in [1.29, 1.82) is 0 Å². The number of nitrogens with two attached hydrogens (primary N) is 1. The van der Waals surface area contributed by atoms with E-state index in [-0.39, 0.29) is 11.3 Å². The van der Waals surface area contributed by atoms with Gasteiger partial charge < -0.3 is 5.73 Å². The minimum Gasteiger partial charge on any atom is -0.323 e. The fraction of sp³-hybridized carbons (Fsp3) is 0.200. The summed E-state index contributed by atoms with van der Waals surface area (Å²) >= 11 is 11.8. The number of fused-ring (bicyclic) bond motifs is 1. The number of hydrogen-bond donors (Lipinski definition) is 1. The molecule has 78 valence electrons. The third-order valence-corrected chi connectivity index (χ3v) is 2.58. The molecule has 0 radical (unpaired) electrons. The summed E-state index contributed by atoms with van der Waals surface area (Å²) in [5, 5.41) is 1.57. The van der Waals surface area contributed by atoms with E-state index in [2.05, 4.69) is 9.97 Å². The van der Waals surface area contributed by atoms with E-state index in [1.165, 1.54) is 0 Å². The molecule has 0 aliphatic rings. The van der Waals surface area contributed by atoms with E-state index in [4.69, 9.17) is 28.9 Å². The Balaban J connectivity index is 2.86. The molecule has 5 heteroatoms. The number of aromatic nitrogens is 2. The molecule has 3 nitrogen and oxygen atoms in total. The zero-order valence-electron chi connectivity index (χ0n) is 8.04. The topological polar surface area (TPSA) is 51.8 Å². The number of para-hydroxylation sites is 1. The second-order valence-electron chi connectivity index (χ2n) is 3.30. The Morgan fingerprint density at radius 3 is 2.67 bits per heavy atom. The Bertz CT molecular complexity index is 511. The van der Waals surface area contributed by atoms with E-state index in [9.17, 15) is 0 Å². The van der Waals surface area contributed by atoms with E-state index in [1.807, 2.05) is 19.1 Å². The average molecular weight is 242 g/mol. The normalized spacial score (nSPS) is 13.1. The summed E-state index contributed by atoms with van der Waals surface area (Å²) in [6.07, 6.45) is 0. The van der Waals surface area contributed by atoms with Crippen LogP contribution in [0.2, 0.25) is 10.3 Å². The maximum Gasteiger partial charge on any atom is 0.223 e. The van der Waals surface area contributed by atoms with Crippen LogP contribution < -0.4 is 5.73 Å². The summed E-state index contributed by atoms with van der Waals surface area (Å²) in [4.78, 5) is 8.20. The van der Waals surface area contributed by atoms with Gasteiger partial charge in [-0.1, -0.05) is 23.7 Å². The molecule has 2 rings (SSSR count). The Labute approximate surface area is 97.2 Å². The lowest BCUT2D eigenvalue weighted by Crippen LogP contribution is -2.09. The van der Waals surface area contributed by atoms with Crippen molar-refractivity contribution in [1.82, 2.24) is 9.97 Å². The van der Waals surface area contributed by atoms with E-state index >= 15 is 0 Å². The Morgan fingerprint density at radius 2 is 2.00 bits per heavy atom. The zero-order chi connectivity index (χ0) is 11.0. The highest BCUT2D eigenvalue weighted by molar-refractivity contribution is 6.35. The van der Waals surface area contributed by atoms with Gasteiger partial charge in [0.1, 0.15) is 0 Å². The van der Waals surface area contributed by atoms with Crippen LogP contribution >= 0.6 is 23.2 Å². The number of hydrogen-bond acceptors (Lipinski definition) is 3. The van der Waals surface area contributed by atoms with Crippen molar-refractivity contribution in [2.24, 2.45) is 5.73 Å². The number of nitrogens with zero attached hydrogens (tertiary/aromatic N) is 2. The monoisotopic (exact) mass is 241 g/mol. The summed E-state index contributed by atoms with van der Waals surface area (Å²) in [6.45, 7) is 1.85. The van der Waals surface area contributed by atoms with E-state index in [0.29, 0.717) is 16.2 Å². The third-order valence-electron chi connectivity index (χ3n) is 2.11. The van der Waals surface area contributed by atoms with Gasteiger partial charge in [-0.05, 0) is 24.6 Å². The summed E-state index contributed by atoms with van der Waals surface area (Å²) in [6, 6.07) is 5.29. The number of rotatable bonds is 1. The van der Waals surface area contributed by atoms with Gasteiger partial charge >= 0.3 is 0 Å². The molecule has 1 aromatic carbocycles. The average Bonchev–Trinajstić information content (AvgIpc) is 2.18. The van der Waals surface area contributed by atoms with Crippen molar-refractivity contribution >= 4 is 34.1 Å². The van der Waals surface area contributed by atoms with Gasteiger partial charge in [0.05, 0.1) is 16.2 Å². The molecule has 1 aromatic heterocycles. The Kier molecular flexibility index (Phi) is 2.78. The van der Waals surface area contributed by atoms with Gasteiger partial charge in [-0.2, -0.15) is 0 Å². The summed E-state index contributed by atoms with van der Waals surface area (Å²) in [7, 11) is 0. The molecule has 2 N–H and O–H groups in total. The van der Waals surface area contributed by atoms with Crippen LogP contribution in [0.1, 0.15) is 18.7 Å². The van der Waals surface area contributed by atoms with Crippen LogP contribution in [0.5, 0.6) is 0 Å². The maximum atomic E-state index is 6.02. The molecule has 0 bridgehead atoms. The molecule has 15 heavy (non-hydrogen) atoms. The van der Waals surface area contributed by atoms with E-state index in [0.717, 1.165) is 5.39 Å². The molecule has 0 amide bonds. The number of benzene rings is 1. The molecular formula is C10H9Cl2N3. The van der Waals surface area contributed by atoms with Crippen molar-refractivity contribution in [2.75, 3.05) is 0 Å².